The number of benzene rings is 2. The molecule has 2 rings (SSSR count). The normalized spacial score (nSPS) is 11.7. The molecule has 104 valence electrons. The molecule has 0 aliphatic heterocycles. The quantitative estimate of drug-likeness (QED) is 0.777. The molecule has 0 radical (unpaired) electrons. The van der Waals surface area contributed by atoms with Crippen molar-refractivity contribution in [1.29, 1.82) is 0 Å². The largest absolute Gasteiger partial charge is 0.504 e. The van der Waals surface area contributed by atoms with Crippen molar-refractivity contribution < 1.29 is 14.6 Å². The third kappa shape index (κ3) is 3.00. The highest BCUT2D eigenvalue weighted by Gasteiger charge is 2.19. The summed E-state index contributed by atoms with van der Waals surface area (Å²) < 4.78 is 4.97. The van der Waals surface area contributed by atoms with E-state index >= 15 is 0 Å². The molecule has 0 bridgehead atoms. The van der Waals surface area contributed by atoms with Crippen LogP contribution in [0, 0.1) is 0 Å². The van der Waals surface area contributed by atoms with Crippen LogP contribution in [-0.4, -0.2) is 18.1 Å². The summed E-state index contributed by atoms with van der Waals surface area (Å²) in [5, 5.41) is 12.8. The molecule has 1 atom stereocenters. The molecular formula is C15H16N2O3. The number of carbonyl (C=O) groups excluding carboxylic acids is 1. The maximum atomic E-state index is 11.6. The minimum atomic E-state index is -0.728. The number of nitrogens with one attached hydrogen (secondary N) is 1. The molecule has 0 saturated carbocycles. The lowest BCUT2D eigenvalue weighted by Gasteiger charge is -2.18. The highest BCUT2D eigenvalue weighted by atomic mass is 16.5. The Morgan fingerprint density at radius 1 is 1.25 bits per heavy atom. The highest BCUT2D eigenvalue weighted by molar-refractivity contribution is 5.84. The van der Waals surface area contributed by atoms with Gasteiger partial charge in [-0.25, -0.2) is 0 Å². The number of phenols is 1. The zero-order chi connectivity index (χ0) is 14.5. The molecule has 0 saturated heterocycles. The molecule has 20 heavy (non-hydrogen) atoms. The van der Waals surface area contributed by atoms with Crippen LogP contribution in [0.15, 0.2) is 48.5 Å². The number of methoxy groups -OCH3 is 1. The summed E-state index contributed by atoms with van der Waals surface area (Å²) in [6.07, 6.45) is 0. The molecule has 0 heterocycles. The molecular weight excluding hydrogens is 256 g/mol. The maximum absolute atomic E-state index is 11.6. The summed E-state index contributed by atoms with van der Waals surface area (Å²) in [4.78, 5) is 11.6. The van der Waals surface area contributed by atoms with Crippen LogP contribution in [0.25, 0.3) is 0 Å². The number of nitrogens with two attached hydrogens (primary N) is 1. The van der Waals surface area contributed by atoms with Crippen molar-refractivity contribution in [3.8, 4) is 11.5 Å². The van der Waals surface area contributed by atoms with Gasteiger partial charge in [0.2, 0.25) is 5.91 Å². The Morgan fingerprint density at radius 2 is 1.95 bits per heavy atom. The summed E-state index contributed by atoms with van der Waals surface area (Å²) in [6, 6.07) is 13.3. The Bertz CT molecular complexity index is 599. The summed E-state index contributed by atoms with van der Waals surface area (Å²) in [5.74, 6) is -0.221. The van der Waals surface area contributed by atoms with E-state index in [9.17, 15) is 9.90 Å². The number of para-hydroxylation sites is 1. The van der Waals surface area contributed by atoms with E-state index in [2.05, 4.69) is 5.32 Å². The van der Waals surface area contributed by atoms with Gasteiger partial charge in [-0.05, 0) is 29.8 Å². The van der Waals surface area contributed by atoms with E-state index in [-0.39, 0.29) is 5.75 Å². The number of amides is 1. The summed E-state index contributed by atoms with van der Waals surface area (Å²) in [7, 11) is 1.46. The second kappa shape index (κ2) is 5.97. The predicted molar refractivity (Wildman–Crippen MR) is 76.7 cm³/mol. The second-order valence-corrected chi connectivity index (χ2v) is 4.28. The molecule has 0 fully saturated rings. The van der Waals surface area contributed by atoms with E-state index in [1.807, 2.05) is 30.3 Å². The first kappa shape index (κ1) is 13.7. The van der Waals surface area contributed by atoms with Gasteiger partial charge in [0.15, 0.2) is 11.5 Å². The number of hydrogen-bond acceptors (Lipinski definition) is 4. The number of anilines is 1. The number of aromatic hydroxyl groups is 1. The highest BCUT2D eigenvalue weighted by Crippen LogP contribution is 2.30. The Morgan fingerprint density at radius 3 is 2.50 bits per heavy atom. The fourth-order valence-corrected chi connectivity index (χ4v) is 1.91. The van der Waals surface area contributed by atoms with E-state index in [1.165, 1.54) is 13.2 Å². The van der Waals surface area contributed by atoms with Gasteiger partial charge < -0.3 is 20.9 Å². The average Bonchev–Trinajstić information content (AvgIpc) is 2.45. The first-order valence-corrected chi connectivity index (χ1v) is 6.09. The van der Waals surface area contributed by atoms with Crippen molar-refractivity contribution in [2.24, 2.45) is 5.73 Å². The number of phenolic OH excluding ortho intramolecular Hbond substituents is 1. The Balaban J connectivity index is 2.29. The fraction of sp³-hybridized carbons (Fsp3) is 0.133. The van der Waals surface area contributed by atoms with Crippen LogP contribution in [0.2, 0.25) is 0 Å². The molecule has 1 amide bonds. The van der Waals surface area contributed by atoms with Crippen molar-refractivity contribution in [3.63, 3.8) is 0 Å². The lowest BCUT2D eigenvalue weighted by molar-refractivity contribution is -0.118. The maximum Gasteiger partial charge on any atom is 0.244 e. The summed E-state index contributed by atoms with van der Waals surface area (Å²) in [5.41, 5.74) is 6.76. The second-order valence-electron chi connectivity index (χ2n) is 4.28. The van der Waals surface area contributed by atoms with E-state index in [0.717, 1.165) is 5.69 Å². The molecule has 4 N–H and O–H groups in total. The van der Waals surface area contributed by atoms with E-state index in [4.69, 9.17) is 10.5 Å². The van der Waals surface area contributed by atoms with E-state index in [1.54, 1.807) is 12.1 Å². The van der Waals surface area contributed by atoms with Crippen molar-refractivity contribution in [2.45, 2.75) is 6.04 Å². The van der Waals surface area contributed by atoms with Crippen molar-refractivity contribution in [2.75, 3.05) is 12.4 Å². The fourth-order valence-electron chi connectivity index (χ4n) is 1.91. The van der Waals surface area contributed by atoms with Gasteiger partial charge in [-0.3, -0.25) is 4.79 Å². The molecule has 0 aliphatic rings. The smallest absolute Gasteiger partial charge is 0.244 e. The van der Waals surface area contributed by atoms with Gasteiger partial charge in [0.25, 0.3) is 0 Å². The summed E-state index contributed by atoms with van der Waals surface area (Å²) >= 11 is 0. The van der Waals surface area contributed by atoms with Crippen molar-refractivity contribution >= 4 is 11.6 Å². The van der Waals surface area contributed by atoms with Crippen LogP contribution in [-0.2, 0) is 4.79 Å². The zero-order valence-corrected chi connectivity index (χ0v) is 11.0. The SMILES string of the molecule is COc1ccc(C(Nc2ccccc2)C(N)=O)cc1O. The minimum Gasteiger partial charge on any atom is -0.504 e. The van der Waals surface area contributed by atoms with Gasteiger partial charge in [0.1, 0.15) is 6.04 Å². The van der Waals surface area contributed by atoms with Gasteiger partial charge in [0.05, 0.1) is 7.11 Å². The van der Waals surface area contributed by atoms with Crippen LogP contribution < -0.4 is 15.8 Å². The van der Waals surface area contributed by atoms with Gasteiger partial charge in [-0.1, -0.05) is 24.3 Å². The number of ether oxygens (including phenoxy) is 1. The van der Waals surface area contributed by atoms with E-state index < -0.39 is 11.9 Å². The topological polar surface area (TPSA) is 84.6 Å². The number of rotatable bonds is 5. The Kier molecular flexibility index (Phi) is 4.10. The monoisotopic (exact) mass is 272 g/mol. The standard InChI is InChI=1S/C15H16N2O3/c1-20-13-8-7-10(9-12(13)18)14(15(16)19)17-11-5-3-2-4-6-11/h2-9,14,17-18H,1H3,(H2,16,19). The van der Waals surface area contributed by atoms with E-state index in [0.29, 0.717) is 11.3 Å². The van der Waals surface area contributed by atoms with Gasteiger partial charge in [-0.15, -0.1) is 0 Å². The van der Waals surface area contributed by atoms with Crippen LogP contribution in [0.5, 0.6) is 11.5 Å². The van der Waals surface area contributed by atoms with Crippen LogP contribution >= 0.6 is 0 Å². The number of primary amides is 1. The zero-order valence-electron chi connectivity index (χ0n) is 11.0. The molecule has 0 aliphatic carbocycles. The minimum absolute atomic E-state index is 0.0360. The number of carbonyl (C=O) groups is 1. The first-order chi connectivity index (χ1) is 9.61. The number of hydrogen-bond donors (Lipinski definition) is 3. The summed E-state index contributed by atoms with van der Waals surface area (Å²) in [6.45, 7) is 0. The van der Waals surface area contributed by atoms with Crippen LogP contribution in [0.4, 0.5) is 5.69 Å². The molecule has 0 aromatic heterocycles. The molecule has 0 spiro atoms. The molecule has 2 aromatic carbocycles. The average molecular weight is 272 g/mol. The van der Waals surface area contributed by atoms with Gasteiger partial charge >= 0.3 is 0 Å². The predicted octanol–water partition coefficient (Wildman–Crippen LogP) is 2.04. The van der Waals surface area contributed by atoms with Gasteiger partial charge in [-0.2, -0.15) is 0 Å². The van der Waals surface area contributed by atoms with Crippen LogP contribution in [0.1, 0.15) is 11.6 Å². The Hall–Kier alpha value is -2.69. The molecule has 5 heteroatoms. The molecule has 2 aromatic rings. The lowest BCUT2D eigenvalue weighted by Crippen LogP contribution is -2.27. The molecule has 5 nitrogen and oxygen atoms in total. The molecule has 1 unspecified atom stereocenters. The Labute approximate surface area is 117 Å². The third-order valence-corrected chi connectivity index (χ3v) is 2.91. The van der Waals surface area contributed by atoms with Crippen LogP contribution in [0.3, 0.4) is 0 Å². The first-order valence-electron chi connectivity index (χ1n) is 6.09. The lowest BCUT2D eigenvalue weighted by atomic mass is 10.1. The van der Waals surface area contributed by atoms with Crippen molar-refractivity contribution in [3.05, 3.63) is 54.1 Å². The van der Waals surface area contributed by atoms with Gasteiger partial charge in [0, 0.05) is 5.69 Å². The third-order valence-electron chi connectivity index (χ3n) is 2.91. The van der Waals surface area contributed by atoms with Crippen molar-refractivity contribution in [1.82, 2.24) is 0 Å².